The Morgan fingerprint density at radius 3 is 2.50 bits per heavy atom. The maximum Gasteiger partial charge on any atom is 0.228 e. The molecule has 0 bridgehead atoms. The van der Waals surface area contributed by atoms with E-state index < -0.39 is 0 Å². The highest BCUT2D eigenvalue weighted by Crippen LogP contribution is 2.28. The van der Waals surface area contributed by atoms with Crippen LogP contribution in [0.1, 0.15) is 43.4 Å². The normalized spacial score (nSPS) is 20.7. The van der Waals surface area contributed by atoms with E-state index in [4.69, 9.17) is 0 Å². The summed E-state index contributed by atoms with van der Waals surface area (Å²) in [4.78, 5) is 32.4. The molecular weight excluding hydrogens is 400 g/mol. The van der Waals surface area contributed by atoms with Gasteiger partial charge in [0.1, 0.15) is 0 Å². The summed E-state index contributed by atoms with van der Waals surface area (Å²) in [6.45, 7) is 6.85. The number of benzene rings is 1. The minimum atomic E-state index is -0.228. The second-order valence-electron chi connectivity index (χ2n) is 9.64. The molecule has 32 heavy (non-hydrogen) atoms. The molecule has 0 unspecified atom stereocenters. The van der Waals surface area contributed by atoms with Crippen LogP contribution in [0.4, 0.5) is 5.69 Å². The first-order valence-electron chi connectivity index (χ1n) is 11.8. The number of fused-ring (bicyclic) bond motifs is 1. The van der Waals surface area contributed by atoms with Gasteiger partial charge in [-0.25, -0.2) is 0 Å². The van der Waals surface area contributed by atoms with E-state index in [2.05, 4.69) is 46.5 Å². The highest BCUT2D eigenvalue weighted by molar-refractivity contribution is 5.93. The Morgan fingerprint density at radius 2 is 1.75 bits per heavy atom. The standard InChI is InChI=1S/C26H34N4O2/c1-18(2)14-28-25(31)22-12-23(17-30(16-22)15-19-8-10-27-11-9-19)26(32)29-24-7-6-20-4-3-5-21(20)13-24/h6-11,13,18,22-23H,3-5,12,14-17H2,1-2H3,(H,28,31)(H,29,32)/t22-,23+/m0/s1. The molecule has 1 aromatic heterocycles. The molecule has 2 aromatic rings. The number of nitrogens with one attached hydrogen (secondary N) is 2. The number of carbonyl (C=O) groups is 2. The van der Waals surface area contributed by atoms with Gasteiger partial charge in [-0.05, 0) is 72.6 Å². The Labute approximate surface area is 190 Å². The number of carbonyl (C=O) groups excluding carboxylic acids is 2. The highest BCUT2D eigenvalue weighted by atomic mass is 16.2. The number of nitrogens with zero attached hydrogens (tertiary/aromatic N) is 2. The molecule has 2 atom stereocenters. The number of aryl methyl sites for hydroxylation is 2. The lowest BCUT2D eigenvalue weighted by Gasteiger charge is -2.36. The van der Waals surface area contributed by atoms with E-state index in [0.29, 0.717) is 38.5 Å². The third kappa shape index (κ3) is 5.74. The topological polar surface area (TPSA) is 74.3 Å². The lowest BCUT2D eigenvalue weighted by Crippen LogP contribution is -2.49. The first kappa shape index (κ1) is 22.5. The zero-order valence-corrected chi connectivity index (χ0v) is 19.1. The van der Waals surface area contributed by atoms with E-state index in [1.54, 1.807) is 12.4 Å². The summed E-state index contributed by atoms with van der Waals surface area (Å²) in [5, 5.41) is 6.19. The Bertz CT molecular complexity index is 944. The molecule has 1 fully saturated rings. The summed E-state index contributed by atoms with van der Waals surface area (Å²) in [5.41, 5.74) is 4.74. The van der Waals surface area contributed by atoms with Crippen molar-refractivity contribution in [2.45, 2.75) is 46.1 Å². The van der Waals surface area contributed by atoms with Crippen LogP contribution in [0.15, 0.2) is 42.7 Å². The first-order chi connectivity index (χ1) is 15.5. The molecule has 1 aromatic carbocycles. The molecule has 170 valence electrons. The van der Waals surface area contributed by atoms with Crippen LogP contribution in [-0.2, 0) is 29.0 Å². The first-order valence-corrected chi connectivity index (χ1v) is 11.8. The van der Waals surface area contributed by atoms with Gasteiger partial charge in [-0.2, -0.15) is 0 Å². The van der Waals surface area contributed by atoms with Gasteiger partial charge in [-0.15, -0.1) is 0 Å². The lowest BCUT2D eigenvalue weighted by molar-refractivity contribution is -0.130. The van der Waals surface area contributed by atoms with Crippen LogP contribution in [0, 0.1) is 17.8 Å². The SMILES string of the molecule is CC(C)CNC(=O)[C@H]1C[C@@H](C(=O)Nc2ccc3c(c2)CCC3)CN(Cc2ccncc2)C1. The number of hydrogen-bond acceptors (Lipinski definition) is 4. The second-order valence-corrected chi connectivity index (χ2v) is 9.64. The average Bonchev–Trinajstić information content (AvgIpc) is 3.26. The van der Waals surface area contributed by atoms with Crippen molar-refractivity contribution in [1.29, 1.82) is 0 Å². The van der Waals surface area contributed by atoms with Gasteiger partial charge in [0.15, 0.2) is 0 Å². The summed E-state index contributed by atoms with van der Waals surface area (Å²) in [5.74, 6) is 0.0283. The van der Waals surface area contributed by atoms with Crippen LogP contribution in [-0.4, -0.2) is 41.3 Å². The average molecular weight is 435 g/mol. The van der Waals surface area contributed by atoms with E-state index >= 15 is 0 Å². The van der Waals surface area contributed by atoms with Gasteiger partial charge < -0.3 is 10.6 Å². The fraction of sp³-hybridized carbons (Fsp3) is 0.500. The van der Waals surface area contributed by atoms with Crippen LogP contribution >= 0.6 is 0 Å². The minimum absolute atomic E-state index is 0.00374. The zero-order valence-electron chi connectivity index (χ0n) is 19.1. The van der Waals surface area contributed by atoms with Crippen molar-refractivity contribution in [2.75, 3.05) is 25.0 Å². The summed E-state index contributed by atoms with van der Waals surface area (Å²) in [6.07, 6.45) is 7.54. The van der Waals surface area contributed by atoms with E-state index in [9.17, 15) is 9.59 Å². The molecule has 2 aliphatic rings. The number of likely N-dealkylation sites (tertiary alicyclic amines) is 1. The van der Waals surface area contributed by atoms with Gasteiger partial charge in [-0.1, -0.05) is 19.9 Å². The molecule has 1 aliphatic heterocycles. The third-order valence-electron chi connectivity index (χ3n) is 6.47. The molecule has 6 heteroatoms. The molecular formula is C26H34N4O2. The van der Waals surface area contributed by atoms with Gasteiger partial charge in [0.05, 0.1) is 11.8 Å². The second kappa shape index (κ2) is 10.3. The summed E-state index contributed by atoms with van der Waals surface area (Å²) in [7, 11) is 0. The number of aromatic nitrogens is 1. The Kier molecular flexibility index (Phi) is 7.20. The van der Waals surface area contributed by atoms with Crippen LogP contribution in [0.2, 0.25) is 0 Å². The fourth-order valence-corrected chi connectivity index (χ4v) is 4.79. The summed E-state index contributed by atoms with van der Waals surface area (Å²) < 4.78 is 0. The van der Waals surface area contributed by atoms with Gasteiger partial charge >= 0.3 is 0 Å². The van der Waals surface area contributed by atoms with Crippen molar-refractivity contribution in [3.05, 3.63) is 59.4 Å². The van der Waals surface area contributed by atoms with Crippen LogP contribution < -0.4 is 10.6 Å². The molecule has 2 heterocycles. The van der Waals surface area contributed by atoms with E-state index in [1.807, 2.05) is 18.2 Å². The van der Waals surface area contributed by atoms with Crippen LogP contribution in [0.3, 0.4) is 0 Å². The van der Waals surface area contributed by atoms with Gasteiger partial charge in [0, 0.05) is 44.3 Å². The predicted octanol–water partition coefficient (Wildman–Crippen LogP) is 3.42. The van der Waals surface area contributed by atoms with Crippen molar-refractivity contribution in [3.8, 4) is 0 Å². The third-order valence-corrected chi connectivity index (χ3v) is 6.47. The number of hydrogen-bond donors (Lipinski definition) is 2. The van der Waals surface area contributed by atoms with E-state index in [-0.39, 0.29) is 23.7 Å². The number of amides is 2. The van der Waals surface area contributed by atoms with E-state index in [1.165, 1.54) is 17.5 Å². The quantitative estimate of drug-likeness (QED) is 0.700. The summed E-state index contributed by atoms with van der Waals surface area (Å²) in [6, 6.07) is 10.2. The number of anilines is 1. The summed E-state index contributed by atoms with van der Waals surface area (Å²) >= 11 is 0. The van der Waals surface area contributed by atoms with Crippen LogP contribution in [0.25, 0.3) is 0 Å². The fourth-order valence-electron chi connectivity index (χ4n) is 4.79. The molecule has 0 radical (unpaired) electrons. The molecule has 0 spiro atoms. The maximum atomic E-state index is 13.2. The molecule has 4 rings (SSSR count). The molecule has 2 amide bonds. The smallest absolute Gasteiger partial charge is 0.228 e. The molecule has 6 nitrogen and oxygen atoms in total. The van der Waals surface area contributed by atoms with E-state index in [0.717, 1.165) is 24.1 Å². The van der Waals surface area contributed by atoms with Crippen molar-refractivity contribution >= 4 is 17.5 Å². The van der Waals surface area contributed by atoms with Crippen molar-refractivity contribution < 1.29 is 9.59 Å². The van der Waals surface area contributed by atoms with Gasteiger partial charge in [0.2, 0.25) is 11.8 Å². The van der Waals surface area contributed by atoms with Crippen molar-refractivity contribution in [2.24, 2.45) is 17.8 Å². The van der Waals surface area contributed by atoms with Gasteiger partial charge in [0.25, 0.3) is 0 Å². The Hall–Kier alpha value is -2.73. The number of piperidine rings is 1. The number of rotatable bonds is 7. The Morgan fingerprint density at radius 1 is 1.03 bits per heavy atom. The monoisotopic (exact) mass is 434 g/mol. The van der Waals surface area contributed by atoms with Crippen LogP contribution in [0.5, 0.6) is 0 Å². The highest BCUT2D eigenvalue weighted by Gasteiger charge is 2.35. The maximum absolute atomic E-state index is 13.2. The van der Waals surface area contributed by atoms with Gasteiger partial charge in [-0.3, -0.25) is 19.5 Å². The van der Waals surface area contributed by atoms with Crippen molar-refractivity contribution in [3.63, 3.8) is 0 Å². The Balaban J connectivity index is 1.45. The lowest BCUT2D eigenvalue weighted by atomic mass is 9.87. The minimum Gasteiger partial charge on any atom is -0.356 e. The molecule has 1 saturated heterocycles. The number of pyridine rings is 1. The predicted molar refractivity (Wildman–Crippen MR) is 126 cm³/mol. The molecule has 0 saturated carbocycles. The largest absolute Gasteiger partial charge is 0.356 e. The molecule has 2 N–H and O–H groups in total. The molecule has 1 aliphatic carbocycles. The zero-order chi connectivity index (χ0) is 22.5. The van der Waals surface area contributed by atoms with Crippen molar-refractivity contribution in [1.82, 2.24) is 15.2 Å².